The average Bonchev–Trinajstić information content (AvgIpc) is 2.81. The minimum Gasteiger partial charge on any atom is -0.399 e. The highest BCUT2D eigenvalue weighted by Crippen LogP contribution is 2.36. The van der Waals surface area contributed by atoms with E-state index in [2.05, 4.69) is 5.32 Å². The molecular formula is C19H24BNO4. The van der Waals surface area contributed by atoms with Crippen LogP contribution in [0, 0.1) is 0 Å². The Balaban J connectivity index is 1.49. The SMILES string of the molecule is CC1(C)OB(c2ccc(NCOOc3ccccc3)cc2)OC1(C)C. The summed E-state index contributed by atoms with van der Waals surface area (Å²) in [4.78, 5) is 10.3. The molecule has 1 saturated heterocycles. The number of rotatable bonds is 6. The van der Waals surface area contributed by atoms with E-state index in [9.17, 15) is 0 Å². The standard InChI is InChI=1S/C19H24BNO4/c1-18(2)19(3,4)25-20(24-18)15-10-12-16(13-11-15)21-14-22-23-17-8-6-5-7-9-17/h5-13,21H,14H2,1-4H3. The van der Waals surface area contributed by atoms with E-state index >= 15 is 0 Å². The average molecular weight is 341 g/mol. The van der Waals surface area contributed by atoms with Gasteiger partial charge in [0.2, 0.25) is 0 Å². The van der Waals surface area contributed by atoms with E-state index < -0.39 is 0 Å². The van der Waals surface area contributed by atoms with Crippen LogP contribution in [-0.2, 0) is 14.2 Å². The van der Waals surface area contributed by atoms with Crippen LogP contribution in [0.1, 0.15) is 27.7 Å². The number of nitrogens with one attached hydrogen (secondary N) is 1. The summed E-state index contributed by atoms with van der Waals surface area (Å²) < 4.78 is 12.1. The first-order chi connectivity index (χ1) is 11.9. The Morgan fingerprint density at radius 3 is 2.08 bits per heavy atom. The van der Waals surface area contributed by atoms with Crippen LogP contribution in [0.4, 0.5) is 5.69 Å². The maximum Gasteiger partial charge on any atom is 0.494 e. The van der Waals surface area contributed by atoms with Crippen molar-refractivity contribution >= 4 is 18.3 Å². The summed E-state index contributed by atoms with van der Waals surface area (Å²) in [7, 11) is -0.350. The van der Waals surface area contributed by atoms with Crippen molar-refractivity contribution in [2.45, 2.75) is 38.9 Å². The van der Waals surface area contributed by atoms with Gasteiger partial charge < -0.3 is 19.5 Å². The molecule has 1 aliphatic heterocycles. The maximum absolute atomic E-state index is 6.05. The number of anilines is 1. The molecule has 0 saturated carbocycles. The van der Waals surface area contributed by atoms with Gasteiger partial charge >= 0.3 is 7.12 Å². The highest BCUT2D eigenvalue weighted by molar-refractivity contribution is 6.62. The third-order valence-electron chi connectivity index (χ3n) is 4.67. The van der Waals surface area contributed by atoms with Crippen LogP contribution in [0.5, 0.6) is 5.75 Å². The first-order valence-electron chi connectivity index (χ1n) is 8.41. The molecule has 0 spiro atoms. The Morgan fingerprint density at radius 2 is 1.48 bits per heavy atom. The highest BCUT2D eigenvalue weighted by Gasteiger charge is 2.51. The van der Waals surface area contributed by atoms with E-state index in [1.54, 1.807) is 0 Å². The molecule has 1 aliphatic rings. The molecule has 3 rings (SSSR count). The van der Waals surface area contributed by atoms with E-state index in [0.717, 1.165) is 11.2 Å². The number of benzene rings is 2. The second-order valence-electron chi connectivity index (χ2n) is 7.05. The molecule has 0 radical (unpaired) electrons. The van der Waals surface area contributed by atoms with E-state index in [0.29, 0.717) is 5.75 Å². The molecule has 25 heavy (non-hydrogen) atoms. The largest absolute Gasteiger partial charge is 0.494 e. The van der Waals surface area contributed by atoms with Gasteiger partial charge in [-0.15, -0.1) is 0 Å². The van der Waals surface area contributed by atoms with Crippen molar-refractivity contribution in [1.29, 1.82) is 0 Å². The molecule has 0 atom stereocenters. The summed E-state index contributed by atoms with van der Waals surface area (Å²) in [5.74, 6) is 0.667. The van der Waals surface area contributed by atoms with Gasteiger partial charge in [0, 0.05) is 5.69 Å². The summed E-state index contributed by atoms with van der Waals surface area (Å²) in [6, 6.07) is 17.3. The van der Waals surface area contributed by atoms with Crippen LogP contribution in [0.3, 0.4) is 0 Å². The van der Waals surface area contributed by atoms with Gasteiger partial charge in [-0.2, -0.15) is 4.89 Å². The fraction of sp³-hybridized carbons (Fsp3) is 0.368. The van der Waals surface area contributed by atoms with Gasteiger partial charge in [0.25, 0.3) is 0 Å². The molecule has 132 valence electrons. The van der Waals surface area contributed by atoms with E-state index in [1.807, 2.05) is 82.3 Å². The van der Waals surface area contributed by atoms with Crippen molar-refractivity contribution in [3.8, 4) is 5.75 Å². The molecule has 0 bridgehead atoms. The Bertz CT molecular complexity index is 672. The van der Waals surface area contributed by atoms with Crippen molar-refractivity contribution in [1.82, 2.24) is 0 Å². The van der Waals surface area contributed by atoms with Crippen LogP contribution < -0.4 is 15.7 Å². The Labute approximate surface area is 149 Å². The molecule has 2 aromatic rings. The molecule has 0 amide bonds. The fourth-order valence-corrected chi connectivity index (χ4v) is 2.42. The third-order valence-corrected chi connectivity index (χ3v) is 4.67. The molecule has 1 N–H and O–H groups in total. The van der Waals surface area contributed by atoms with E-state index in [-0.39, 0.29) is 25.1 Å². The molecule has 6 heteroatoms. The zero-order valence-corrected chi connectivity index (χ0v) is 15.1. The topological polar surface area (TPSA) is 49.0 Å². The molecule has 1 heterocycles. The lowest BCUT2D eigenvalue weighted by Crippen LogP contribution is -2.41. The zero-order chi connectivity index (χ0) is 17.9. The Kier molecular flexibility index (Phi) is 5.04. The van der Waals surface area contributed by atoms with E-state index in [4.69, 9.17) is 19.1 Å². The van der Waals surface area contributed by atoms with Gasteiger partial charge in [0.1, 0.15) is 0 Å². The first kappa shape index (κ1) is 17.8. The lowest BCUT2D eigenvalue weighted by Gasteiger charge is -2.32. The summed E-state index contributed by atoms with van der Waals surface area (Å²) in [6.07, 6.45) is 0. The molecular weight excluding hydrogens is 317 g/mol. The number of hydrogen-bond acceptors (Lipinski definition) is 5. The van der Waals surface area contributed by atoms with Crippen LogP contribution in [-0.4, -0.2) is 25.1 Å². The van der Waals surface area contributed by atoms with Gasteiger partial charge in [-0.25, -0.2) is 0 Å². The normalized spacial score (nSPS) is 18.2. The van der Waals surface area contributed by atoms with Crippen molar-refractivity contribution < 1.29 is 19.1 Å². The van der Waals surface area contributed by atoms with Crippen molar-refractivity contribution in [3.05, 3.63) is 54.6 Å². The summed E-state index contributed by atoms with van der Waals surface area (Å²) in [5.41, 5.74) is 1.25. The molecule has 5 nitrogen and oxygen atoms in total. The van der Waals surface area contributed by atoms with Crippen LogP contribution in [0.25, 0.3) is 0 Å². The second-order valence-corrected chi connectivity index (χ2v) is 7.05. The smallest absolute Gasteiger partial charge is 0.399 e. The lowest BCUT2D eigenvalue weighted by atomic mass is 9.79. The van der Waals surface area contributed by atoms with Gasteiger partial charge in [-0.1, -0.05) is 30.3 Å². The van der Waals surface area contributed by atoms with Crippen LogP contribution in [0.2, 0.25) is 0 Å². The number of para-hydroxylation sites is 1. The molecule has 0 aliphatic carbocycles. The van der Waals surface area contributed by atoms with E-state index in [1.165, 1.54) is 0 Å². The summed E-state index contributed by atoms with van der Waals surface area (Å²) in [6.45, 7) is 8.44. The van der Waals surface area contributed by atoms with Gasteiger partial charge in [-0.05, 0) is 57.4 Å². The van der Waals surface area contributed by atoms with Crippen molar-refractivity contribution in [2.75, 3.05) is 12.0 Å². The monoisotopic (exact) mass is 341 g/mol. The van der Waals surface area contributed by atoms with Crippen LogP contribution in [0.15, 0.2) is 54.6 Å². The highest BCUT2D eigenvalue weighted by atomic mass is 17.2. The zero-order valence-electron chi connectivity index (χ0n) is 15.1. The number of hydrogen-bond donors (Lipinski definition) is 1. The molecule has 1 fully saturated rings. The second kappa shape index (κ2) is 7.08. The predicted molar refractivity (Wildman–Crippen MR) is 98.8 cm³/mol. The van der Waals surface area contributed by atoms with Crippen molar-refractivity contribution in [2.24, 2.45) is 0 Å². The molecule has 0 aromatic heterocycles. The predicted octanol–water partition coefficient (Wildman–Crippen LogP) is 3.37. The minimum atomic E-state index is -0.350. The quantitative estimate of drug-likeness (QED) is 0.287. The summed E-state index contributed by atoms with van der Waals surface area (Å²) in [5, 5.41) is 3.14. The van der Waals surface area contributed by atoms with Gasteiger partial charge in [0.05, 0.1) is 11.2 Å². The summed E-state index contributed by atoms with van der Waals surface area (Å²) >= 11 is 0. The van der Waals surface area contributed by atoms with Gasteiger partial charge in [0.15, 0.2) is 12.5 Å². The Morgan fingerprint density at radius 1 is 0.880 bits per heavy atom. The fourth-order valence-electron chi connectivity index (χ4n) is 2.42. The molecule has 0 unspecified atom stereocenters. The maximum atomic E-state index is 6.05. The van der Waals surface area contributed by atoms with Crippen molar-refractivity contribution in [3.63, 3.8) is 0 Å². The third kappa shape index (κ3) is 4.15. The molecule has 2 aromatic carbocycles. The van der Waals surface area contributed by atoms with Gasteiger partial charge in [-0.3, -0.25) is 0 Å². The minimum absolute atomic E-state index is 0.241. The Hall–Kier alpha value is -2.02. The lowest BCUT2D eigenvalue weighted by molar-refractivity contribution is -0.199. The first-order valence-corrected chi connectivity index (χ1v) is 8.41. The van der Waals surface area contributed by atoms with Crippen LogP contribution >= 0.6 is 0 Å².